The Labute approximate surface area is 96.6 Å². The summed E-state index contributed by atoms with van der Waals surface area (Å²) in [5, 5.41) is 4.13. The highest BCUT2D eigenvalue weighted by atomic mass is 16.5. The Balaban J connectivity index is 2.42. The maximum absolute atomic E-state index is 11.8. The monoisotopic (exact) mass is 224 g/mol. The molecule has 0 N–H and O–H groups in total. The van der Waals surface area contributed by atoms with Gasteiger partial charge in [0.05, 0.1) is 6.61 Å². The molecule has 0 saturated carbocycles. The maximum Gasteiger partial charge on any atom is 0.183 e. The van der Waals surface area contributed by atoms with Gasteiger partial charge in [0, 0.05) is 25.8 Å². The number of ketones is 1. The van der Waals surface area contributed by atoms with Crippen molar-refractivity contribution in [3.05, 3.63) is 18.0 Å². The topological polar surface area (TPSA) is 44.1 Å². The van der Waals surface area contributed by atoms with Crippen molar-refractivity contribution in [2.45, 2.75) is 39.7 Å². The molecular formula is C12H20N2O2. The van der Waals surface area contributed by atoms with E-state index in [1.807, 2.05) is 0 Å². The number of carbonyl (C=O) groups is 1. The second kappa shape index (κ2) is 7.17. The first-order valence-corrected chi connectivity index (χ1v) is 5.92. The lowest BCUT2D eigenvalue weighted by Crippen LogP contribution is -2.12. The van der Waals surface area contributed by atoms with E-state index in [0.29, 0.717) is 18.7 Å². The van der Waals surface area contributed by atoms with Gasteiger partial charge in [-0.3, -0.25) is 9.48 Å². The van der Waals surface area contributed by atoms with Gasteiger partial charge in [0.25, 0.3) is 0 Å². The van der Waals surface area contributed by atoms with E-state index in [-0.39, 0.29) is 5.78 Å². The van der Waals surface area contributed by atoms with E-state index in [4.69, 9.17) is 4.74 Å². The van der Waals surface area contributed by atoms with E-state index in [1.165, 1.54) is 0 Å². The predicted octanol–water partition coefficient (Wildman–Crippen LogP) is 2.29. The number of ether oxygens (including phenoxy) is 1. The first-order valence-electron chi connectivity index (χ1n) is 5.92. The van der Waals surface area contributed by atoms with Gasteiger partial charge in [-0.2, -0.15) is 5.10 Å². The Bertz CT molecular complexity index is 321. The van der Waals surface area contributed by atoms with Crippen LogP contribution in [0.15, 0.2) is 12.3 Å². The second-order valence-electron chi connectivity index (χ2n) is 3.73. The fourth-order valence-corrected chi connectivity index (χ4v) is 1.50. The number of aromatic nitrogens is 2. The van der Waals surface area contributed by atoms with Crippen LogP contribution >= 0.6 is 0 Å². The van der Waals surface area contributed by atoms with Gasteiger partial charge in [0.1, 0.15) is 5.69 Å². The smallest absolute Gasteiger partial charge is 0.183 e. The van der Waals surface area contributed by atoms with Gasteiger partial charge in [-0.25, -0.2) is 0 Å². The van der Waals surface area contributed by atoms with Crippen molar-refractivity contribution in [2.24, 2.45) is 0 Å². The number of hydrogen-bond acceptors (Lipinski definition) is 3. The summed E-state index contributed by atoms with van der Waals surface area (Å²) in [6.07, 6.45) is 4.08. The molecule has 0 fully saturated rings. The molecule has 0 saturated heterocycles. The molecule has 0 bridgehead atoms. The van der Waals surface area contributed by atoms with Gasteiger partial charge < -0.3 is 4.74 Å². The molecule has 1 aromatic rings. The molecule has 0 spiro atoms. The normalized spacial score (nSPS) is 10.6. The largest absolute Gasteiger partial charge is 0.381 e. The molecule has 0 aliphatic carbocycles. The number of nitrogens with zero attached hydrogens (tertiary/aromatic N) is 2. The summed E-state index contributed by atoms with van der Waals surface area (Å²) in [4.78, 5) is 11.8. The van der Waals surface area contributed by atoms with Crippen LogP contribution in [0.4, 0.5) is 0 Å². The number of aryl methyl sites for hydroxylation is 1. The average molecular weight is 224 g/mol. The van der Waals surface area contributed by atoms with Crippen molar-refractivity contribution in [2.75, 3.05) is 13.2 Å². The molecule has 4 heteroatoms. The molecule has 0 amide bonds. The lowest BCUT2D eigenvalue weighted by molar-refractivity contribution is 0.0869. The Morgan fingerprint density at radius 1 is 1.38 bits per heavy atom. The van der Waals surface area contributed by atoms with Crippen molar-refractivity contribution in [3.8, 4) is 0 Å². The molecule has 1 aromatic heterocycles. The van der Waals surface area contributed by atoms with Crippen LogP contribution in [0.5, 0.6) is 0 Å². The summed E-state index contributed by atoms with van der Waals surface area (Å²) in [6.45, 7) is 6.15. The van der Waals surface area contributed by atoms with Crippen molar-refractivity contribution >= 4 is 5.78 Å². The van der Waals surface area contributed by atoms with Crippen molar-refractivity contribution in [1.82, 2.24) is 9.78 Å². The third kappa shape index (κ3) is 3.77. The zero-order valence-corrected chi connectivity index (χ0v) is 10.1. The molecule has 0 atom stereocenters. The van der Waals surface area contributed by atoms with Crippen LogP contribution in [0.2, 0.25) is 0 Å². The van der Waals surface area contributed by atoms with Crippen LogP contribution in [-0.2, 0) is 11.3 Å². The third-order valence-corrected chi connectivity index (χ3v) is 2.26. The van der Waals surface area contributed by atoms with Gasteiger partial charge in [0.15, 0.2) is 5.78 Å². The van der Waals surface area contributed by atoms with Crippen molar-refractivity contribution in [3.63, 3.8) is 0 Å². The molecule has 1 rings (SSSR count). The zero-order valence-electron chi connectivity index (χ0n) is 10.1. The fourth-order valence-electron chi connectivity index (χ4n) is 1.50. The Morgan fingerprint density at radius 3 is 2.88 bits per heavy atom. The van der Waals surface area contributed by atoms with E-state index in [0.717, 1.165) is 26.0 Å². The third-order valence-electron chi connectivity index (χ3n) is 2.26. The zero-order chi connectivity index (χ0) is 11.8. The Morgan fingerprint density at radius 2 is 2.19 bits per heavy atom. The SMILES string of the molecule is CCCOCCC(=O)c1ccnn1CCC. The van der Waals surface area contributed by atoms with Gasteiger partial charge in [0.2, 0.25) is 0 Å². The van der Waals surface area contributed by atoms with Crippen LogP contribution in [0, 0.1) is 0 Å². The molecule has 0 aliphatic rings. The average Bonchev–Trinajstić information content (AvgIpc) is 2.73. The first kappa shape index (κ1) is 12.9. The van der Waals surface area contributed by atoms with Gasteiger partial charge in [-0.05, 0) is 18.9 Å². The highest BCUT2D eigenvalue weighted by Gasteiger charge is 2.10. The molecule has 4 nitrogen and oxygen atoms in total. The van der Waals surface area contributed by atoms with Crippen molar-refractivity contribution < 1.29 is 9.53 Å². The molecule has 0 aliphatic heterocycles. The fraction of sp³-hybridized carbons (Fsp3) is 0.667. The lowest BCUT2D eigenvalue weighted by atomic mass is 10.2. The maximum atomic E-state index is 11.8. The number of Topliss-reactive ketones (excluding diaryl/α,β-unsaturated/α-hetero) is 1. The second-order valence-corrected chi connectivity index (χ2v) is 3.73. The highest BCUT2D eigenvalue weighted by Crippen LogP contribution is 2.04. The summed E-state index contributed by atoms with van der Waals surface area (Å²) in [7, 11) is 0. The van der Waals surface area contributed by atoms with E-state index in [2.05, 4.69) is 18.9 Å². The Kier molecular flexibility index (Phi) is 5.78. The minimum Gasteiger partial charge on any atom is -0.381 e. The number of rotatable bonds is 8. The summed E-state index contributed by atoms with van der Waals surface area (Å²) in [6, 6.07) is 1.78. The summed E-state index contributed by atoms with van der Waals surface area (Å²) in [5.41, 5.74) is 0.696. The van der Waals surface area contributed by atoms with Crippen LogP contribution in [0.25, 0.3) is 0 Å². The molecular weight excluding hydrogens is 204 g/mol. The molecule has 16 heavy (non-hydrogen) atoms. The van der Waals surface area contributed by atoms with E-state index >= 15 is 0 Å². The quantitative estimate of drug-likeness (QED) is 0.502. The minimum atomic E-state index is 0.113. The van der Waals surface area contributed by atoms with Crippen LogP contribution in [-0.4, -0.2) is 28.8 Å². The summed E-state index contributed by atoms with van der Waals surface area (Å²) in [5.74, 6) is 0.113. The molecule has 90 valence electrons. The van der Waals surface area contributed by atoms with E-state index in [9.17, 15) is 4.79 Å². The molecule has 1 heterocycles. The Hall–Kier alpha value is -1.16. The van der Waals surface area contributed by atoms with Gasteiger partial charge in [-0.1, -0.05) is 13.8 Å². The molecule has 0 aromatic carbocycles. The van der Waals surface area contributed by atoms with Crippen LogP contribution in [0.1, 0.15) is 43.6 Å². The summed E-state index contributed by atoms with van der Waals surface area (Å²) < 4.78 is 7.07. The van der Waals surface area contributed by atoms with E-state index in [1.54, 1.807) is 16.9 Å². The van der Waals surface area contributed by atoms with Crippen LogP contribution < -0.4 is 0 Å². The standard InChI is InChI=1S/C12H20N2O2/c1-3-8-14-11(5-7-13-14)12(15)6-10-16-9-4-2/h5,7H,3-4,6,8-10H2,1-2H3. The van der Waals surface area contributed by atoms with E-state index < -0.39 is 0 Å². The van der Waals surface area contributed by atoms with Crippen molar-refractivity contribution in [1.29, 1.82) is 0 Å². The van der Waals surface area contributed by atoms with Gasteiger partial charge in [-0.15, -0.1) is 0 Å². The van der Waals surface area contributed by atoms with Gasteiger partial charge >= 0.3 is 0 Å². The number of carbonyl (C=O) groups excluding carboxylic acids is 1. The van der Waals surface area contributed by atoms with Crippen LogP contribution in [0.3, 0.4) is 0 Å². The highest BCUT2D eigenvalue weighted by molar-refractivity contribution is 5.94. The number of hydrogen-bond donors (Lipinski definition) is 0. The molecule has 0 radical (unpaired) electrons. The molecule has 0 unspecified atom stereocenters. The predicted molar refractivity (Wildman–Crippen MR) is 62.6 cm³/mol. The first-order chi connectivity index (χ1) is 7.79. The summed E-state index contributed by atoms with van der Waals surface area (Å²) >= 11 is 0. The lowest BCUT2D eigenvalue weighted by Gasteiger charge is -2.05. The minimum absolute atomic E-state index is 0.113.